The standard InChI is InChI=1S/C26H28FN3O6/c1-15(2)17(26(36)28-18(13-25(34)35)23(32)14-27)12-24(33)30-21-10-6-4-8-19(21)29(16(3)31)20-9-5-7-11-22(20)30/h4-11,15,17-18H,12-14H2,1-3H3,(H,28,36)(H,34,35)/t17-,18?/m0/s1. The van der Waals surface area contributed by atoms with Crippen LogP contribution in [-0.4, -0.2) is 47.3 Å². The summed E-state index contributed by atoms with van der Waals surface area (Å²) in [7, 11) is 0. The van der Waals surface area contributed by atoms with E-state index in [0.29, 0.717) is 22.7 Å². The lowest BCUT2D eigenvalue weighted by molar-refractivity contribution is -0.141. The van der Waals surface area contributed by atoms with Crippen molar-refractivity contribution in [2.24, 2.45) is 11.8 Å². The minimum absolute atomic E-state index is 0.233. The smallest absolute Gasteiger partial charge is 0.305 e. The number of hydrogen-bond acceptors (Lipinski definition) is 5. The van der Waals surface area contributed by atoms with Crippen molar-refractivity contribution in [1.29, 1.82) is 0 Å². The second-order valence-electron chi connectivity index (χ2n) is 8.87. The molecule has 2 N–H and O–H groups in total. The summed E-state index contributed by atoms with van der Waals surface area (Å²) < 4.78 is 12.9. The van der Waals surface area contributed by atoms with E-state index in [1.807, 2.05) is 0 Å². The number of carboxylic acids is 1. The number of hydrogen-bond donors (Lipinski definition) is 2. The van der Waals surface area contributed by atoms with Crippen LogP contribution in [0.4, 0.5) is 27.1 Å². The number of fused-ring (bicyclic) bond motifs is 2. The van der Waals surface area contributed by atoms with Gasteiger partial charge in [-0.15, -0.1) is 0 Å². The molecule has 0 aliphatic carbocycles. The van der Waals surface area contributed by atoms with Gasteiger partial charge in [0.2, 0.25) is 17.7 Å². The van der Waals surface area contributed by atoms with Crippen molar-refractivity contribution in [2.45, 2.75) is 39.7 Å². The van der Waals surface area contributed by atoms with Crippen molar-refractivity contribution in [3.8, 4) is 0 Å². The predicted octanol–water partition coefficient (Wildman–Crippen LogP) is 3.51. The molecule has 3 amide bonds. The summed E-state index contributed by atoms with van der Waals surface area (Å²) in [6, 6.07) is 12.3. The molecule has 2 aromatic carbocycles. The summed E-state index contributed by atoms with van der Waals surface area (Å²) in [4.78, 5) is 65.1. The number of carbonyl (C=O) groups excluding carboxylic acids is 4. The largest absolute Gasteiger partial charge is 0.481 e. The molecule has 0 spiro atoms. The molecule has 2 aromatic rings. The lowest BCUT2D eigenvalue weighted by Crippen LogP contribution is -2.47. The van der Waals surface area contributed by atoms with Crippen LogP contribution in [0.15, 0.2) is 48.5 Å². The van der Waals surface area contributed by atoms with Crippen LogP contribution < -0.4 is 15.1 Å². The Balaban J connectivity index is 1.94. The molecule has 0 saturated heterocycles. The maximum atomic E-state index is 13.7. The predicted molar refractivity (Wildman–Crippen MR) is 131 cm³/mol. The summed E-state index contributed by atoms with van der Waals surface area (Å²) in [5.74, 6) is -5.08. The number of nitrogens with zero attached hydrogens (tertiary/aromatic N) is 2. The number of halogens is 1. The molecule has 1 aliphatic heterocycles. The van der Waals surface area contributed by atoms with Gasteiger partial charge in [0.05, 0.1) is 29.2 Å². The van der Waals surface area contributed by atoms with Gasteiger partial charge < -0.3 is 10.4 Å². The highest BCUT2D eigenvalue weighted by atomic mass is 19.1. The maximum absolute atomic E-state index is 13.7. The fourth-order valence-corrected chi connectivity index (χ4v) is 4.25. The summed E-state index contributed by atoms with van der Waals surface area (Å²) in [5.41, 5.74) is 1.96. The number of nitrogens with one attached hydrogen (secondary N) is 1. The third kappa shape index (κ3) is 5.42. The van der Waals surface area contributed by atoms with E-state index in [4.69, 9.17) is 5.11 Å². The molecule has 10 heteroatoms. The minimum atomic E-state index is -1.53. The number of benzene rings is 2. The lowest BCUT2D eigenvalue weighted by atomic mass is 9.90. The van der Waals surface area contributed by atoms with Crippen LogP contribution in [-0.2, 0) is 24.0 Å². The van der Waals surface area contributed by atoms with E-state index >= 15 is 0 Å². The van der Waals surface area contributed by atoms with Crippen LogP contribution in [0.2, 0.25) is 0 Å². The first kappa shape index (κ1) is 26.5. The van der Waals surface area contributed by atoms with E-state index in [1.165, 1.54) is 16.7 Å². The van der Waals surface area contributed by atoms with Gasteiger partial charge in [-0.3, -0.25) is 33.8 Å². The van der Waals surface area contributed by atoms with Crippen molar-refractivity contribution in [2.75, 3.05) is 16.5 Å². The summed E-state index contributed by atoms with van der Waals surface area (Å²) in [6.07, 6.45) is -1.03. The fraction of sp³-hybridized carbons (Fsp3) is 0.346. The number of rotatable bonds is 9. The highest BCUT2D eigenvalue weighted by molar-refractivity contribution is 6.16. The molecule has 0 saturated carbocycles. The number of Topliss-reactive ketones (excluding diaryl/α,β-unsaturated/α-hetero) is 1. The van der Waals surface area contributed by atoms with E-state index in [1.54, 1.807) is 62.4 Å². The Kier molecular flexibility index (Phi) is 8.18. The Labute approximate surface area is 207 Å². The Morgan fingerprint density at radius 3 is 1.72 bits per heavy atom. The zero-order chi connectivity index (χ0) is 26.6. The molecule has 0 aromatic heterocycles. The molecule has 0 bridgehead atoms. The first-order valence-corrected chi connectivity index (χ1v) is 11.5. The van der Waals surface area contributed by atoms with E-state index < -0.39 is 48.6 Å². The Hall–Kier alpha value is -4.08. The van der Waals surface area contributed by atoms with Gasteiger partial charge in [0.15, 0.2) is 5.78 Å². The second kappa shape index (κ2) is 11.1. The van der Waals surface area contributed by atoms with E-state index in [9.17, 15) is 28.4 Å². The number of aliphatic carboxylic acids is 1. The molecular weight excluding hydrogens is 469 g/mol. The fourth-order valence-electron chi connectivity index (χ4n) is 4.25. The van der Waals surface area contributed by atoms with Crippen molar-refractivity contribution >= 4 is 52.2 Å². The van der Waals surface area contributed by atoms with Crippen LogP contribution in [0.1, 0.15) is 33.6 Å². The molecular formula is C26H28FN3O6. The third-order valence-corrected chi connectivity index (χ3v) is 6.04. The van der Waals surface area contributed by atoms with Crippen LogP contribution in [0.3, 0.4) is 0 Å². The van der Waals surface area contributed by atoms with Crippen molar-refractivity contribution in [1.82, 2.24) is 5.32 Å². The van der Waals surface area contributed by atoms with Crippen LogP contribution in [0.5, 0.6) is 0 Å². The number of carboxylic acid groups (broad SMARTS) is 1. The number of carbonyl (C=O) groups is 5. The van der Waals surface area contributed by atoms with Gasteiger partial charge in [0.1, 0.15) is 12.7 Å². The number of alkyl halides is 1. The molecule has 1 unspecified atom stereocenters. The van der Waals surface area contributed by atoms with Gasteiger partial charge in [-0.25, -0.2) is 4.39 Å². The Morgan fingerprint density at radius 1 is 0.861 bits per heavy atom. The number of para-hydroxylation sites is 4. The average molecular weight is 498 g/mol. The van der Waals surface area contributed by atoms with Gasteiger partial charge in [-0.2, -0.15) is 0 Å². The Morgan fingerprint density at radius 2 is 1.33 bits per heavy atom. The monoisotopic (exact) mass is 497 g/mol. The number of ketones is 1. The molecule has 2 atom stereocenters. The third-order valence-electron chi connectivity index (χ3n) is 6.04. The molecule has 1 aliphatic rings. The SMILES string of the molecule is CC(=O)N1c2ccccc2N(C(=O)C[C@H](C(=O)NC(CC(=O)O)C(=O)CF)C(C)C)c2ccccc21. The van der Waals surface area contributed by atoms with Gasteiger partial charge in [0.25, 0.3) is 0 Å². The normalized spacial score (nSPS) is 13.9. The minimum Gasteiger partial charge on any atom is -0.481 e. The first-order valence-electron chi connectivity index (χ1n) is 11.5. The Bertz CT molecular complexity index is 1150. The van der Waals surface area contributed by atoms with E-state index in [-0.39, 0.29) is 18.2 Å². The van der Waals surface area contributed by atoms with Gasteiger partial charge in [0, 0.05) is 19.3 Å². The highest BCUT2D eigenvalue weighted by Crippen LogP contribution is 2.48. The van der Waals surface area contributed by atoms with Gasteiger partial charge in [-0.1, -0.05) is 38.1 Å². The molecule has 0 radical (unpaired) electrons. The van der Waals surface area contributed by atoms with Gasteiger partial charge >= 0.3 is 5.97 Å². The summed E-state index contributed by atoms with van der Waals surface area (Å²) in [6.45, 7) is 3.44. The first-order chi connectivity index (χ1) is 17.1. The zero-order valence-electron chi connectivity index (χ0n) is 20.2. The molecule has 1 heterocycles. The van der Waals surface area contributed by atoms with E-state index in [0.717, 1.165) is 0 Å². The van der Waals surface area contributed by atoms with Crippen LogP contribution >= 0.6 is 0 Å². The van der Waals surface area contributed by atoms with Crippen LogP contribution in [0, 0.1) is 11.8 Å². The highest BCUT2D eigenvalue weighted by Gasteiger charge is 2.36. The van der Waals surface area contributed by atoms with Gasteiger partial charge in [-0.05, 0) is 30.2 Å². The van der Waals surface area contributed by atoms with Crippen molar-refractivity contribution in [3.63, 3.8) is 0 Å². The summed E-state index contributed by atoms with van der Waals surface area (Å²) >= 11 is 0. The van der Waals surface area contributed by atoms with Crippen molar-refractivity contribution in [3.05, 3.63) is 48.5 Å². The molecule has 3 rings (SSSR count). The molecule has 9 nitrogen and oxygen atoms in total. The van der Waals surface area contributed by atoms with E-state index in [2.05, 4.69) is 5.32 Å². The topological polar surface area (TPSA) is 124 Å². The maximum Gasteiger partial charge on any atom is 0.305 e. The number of anilines is 4. The quantitative estimate of drug-likeness (QED) is 0.546. The van der Waals surface area contributed by atoms with Crippen LogP contribution in [0.25, 0.3) is 0 Å². The summed E-state index contributed by atoms with van der Waals surface area (Å²) in [5, 5.41) is 11.4. The average Bonchev–Trinajstić information content (AvgIpc) is 2.83. The zero-order valence-corrected chi connectivity index (χ0v) is 20.2. The second-order valence-corrected chi connectivity index (χ2v) is 8.87. The lowest BCUT2D eigenvalue weighted by Gasteiger charge is -2.38. The van der Waals surface area contributed by atoms with Crippen molar-refractivity contribution < 1.29 is 33.5 Å². The number of amides is 3. The molecule has 36 heavy (non-hydrogen) atoms. The molecule has 0 fully saturated rings. The molecule has 190 valence electrons.